The third-order valence-electron chi connectivity index (χ3n) is 3.80. The number of allylic oxidation sites excluding steroid dienone is 1. The van der Waals surface area contributed by atoms with Crippen molar-refractivity contribution in [2.45, 2.75) is 5.92 Å². The van der Waals surface area contributed by atoms with Crippen LogP contribution in [-0.2, 0) is 0 Å². The van der Waals surface area contributed by atoms with Crippen LogP contribution in [0.3, 0.4) is 0 Å². The molecule has 0 radical (unpaired) electrons. The summed E-state index contributed by atoms with van der Waals surface area (Å²) < 4.78 is 11.0. The van der Waals surface area contributed by atoms with Crippen molar-refractivity contribution in [2.75, 3.05) is 0 Å². The van der Waals surface area contributed by atoms with E-state index in [0.717, 1.165) is 4.88 Å². The van der Waals surface area contributed by atoms with Gasteiger partial charge in [0.05, 0.1) is 16.9 Å². The highest BCUT2D eigenvalue weighted by molar-refractivity contribution is 7.10. The fourth-order valence-corrected chi connectivity index (χ4v) is 3.65. The first-order chi connectivity index (χ1) is 11.2. The van der Waals surface area contributed by atoms with E-state index < -0.39 is 11.5 Å². The number of rotatable bonds is 1. The topological polar surface area (TPSA) is 89.3 Å². The molecule has 0 saturated heterocycles. The zero-order chi connectivity index (χ0) is 16.0. The lowest BCUT2D eigenvalue weighted by molar-refractivity contribution is 0.388. The fourth-order valence-electron chi connectivity index (χ4n) is 2.81. The third-order valence-corrected chi connectivity index (χ3v) is 4.74. The summed E-state index contributed by atoms with van der Waals surface area (Å²) in [6.07, 6.45) is 0. The Morgan fingerprint density at radius 1 is 1.22 bits per heavy atom. The molecular weight excluding hydrogens is 312 g/mol. The average molecular weight is 322 g/mol. The molecule has 1 unspecified atom stereocenters. The maximum Gasteiger partial charge on any atom is 0.344 e. The van der Waals surface area contributed by atoms with Crippen LogP contribution in [0.1, 0.15) is 16.4 Å². The lowest BCUT2D eigenvalue weighted by atomic mass is 9.88. The molecule has 6 heteroatoms. The van der Waals surface area contributed by atoms with Gasteiger partial charge in [0, 0.05) is 4.88 Å². The summed E-state index contributed by atoms with van der Waals surface area (Å²) in [5, 5.41) is 12.0. The summed E-state index contributed by atoms with van der Waals surface area (Å²) in [7, 11) is 0. The van der Waals surface area contributed by atoms with Crippen molar-refractivity contribution in [2.24, 2.45) is 5.73 Å². The Labute approximate surface area is 134 Å². The van der Waals surface area contributed by atoms with Crippen molar-refractivity contribution < 1.29 is 9.15 Å². The highest BCUT2D eigenvalue weighted by Gasteiger charge is 2.35. The van der Waals surface area contributed by atoms with Crippen LogP contribution in [0.15, 0.2) is 62.4 Å². The van der Waals surface area contributed by atoms with E-state index in [1.807, 2.05) is 23.6 Å². The minimum atomic E-state index is -0.565. The van der Waals surface area contributed by atoms with Crippen LogP contribution in [0.25, 0.3) is 11.0 Å². The van der Waals surface area contributed by atoms with Crippen LogP contribution in [0, 0.1) is 11.3 Å². The Hall–Kier alpha value is -3.04. The van der Waals surface area contributed by atoms with Crippen LogP contribution >= 0.6 is 11.3 Å². The number of hydrogen-bond donors (Lipinski definition) is 1. The van der Waals surface area contributed by atoms with Crippen LogP contribution in [0.2, 0.25) is 0 Å². The highest BCUT2D eigenvalue weighted by atomic mass is 32.1. The van der Waals surface area contributed by atoms with Crippen molar-refractivity contribution in [3.05, 3.63) is 74.1 Å². The predicted octanol–water partition coefficient (Wildman–Crippen LogP) is 3.07. The predicted molar refractivity (Wildman–Crippen MR) is 86.1 cm³/mol. The Kier molecular flexibility index (Phi) is 2.96. The van der Waals surface area contributed by atoms with E-state index in [9.17, 15) is 10.1 Å². The number of hydrogen-bond acceptors (Lipinski definition) is 6. The van der Waals surface area contributed by atoms with E-state index in [0.29, 0.717) is 22.3 Å². The average Bonchev–Trinajstić information content (AvgIpc) is 3.08. The van der Waals surface area contributed by atoms with Gasteiger partial charge in [0.25, 0.3) is 0 Å². The van der Waals surface area contributed by atoms with Crippen molar-refractivity contribution in [3.63, 3.8) is 0 Å². The van der Waals surface area contributed by atoms with Gasteiger partial charge in [-0.25, -0.2) is 4.79 Å². The number of benzene rings is 1. The van der Waals surface area contributed by atoms with E-state index in [2.05, 4.69) is 6.07 Å². The van der Waals surface area contributed by atoms with Gasteiger partial charge >= 0.3 is 5.63 Å². The molecule has 5 nitrogen and oxygen atoms in total. The zero-order valence-corrected chi connectivity index (χ0v) is 12.6. The maximum absolute atomic E-state index is 12.5. The van der Waals surface area contributed by atoms with Gasteiger partial charge in [0.1, 0.15) is 17.2 Å². The van der Waals surface area contributed by atoms with Gasteiger partial charge in [-0.15, -0.1) is 11.3 Å². The van der Waals surface area contributed by atoms with Crippen LogP contribution in [0.5, 0.6) is 5.75 Å². The number of ether oxygens (including phenoxy) is 1. The molecule has 0 saturated carbocycles. The molecular formula is C17H10N2O3S. The number of thiophene rings is 1. The van der Waals surface area contributed by atoms with Crippen molar-refractivity contribution in [1.29, 1.82) is 5.26 Å². The number of nitrogens with zero attached hydrogens (tertiary/aromatic N) is 1. The lowest BCUT2D eigenvalue weighted by Gasteiger charge is -2.24. The lowest BCUT2D eigenvalue weighted by Crippen LogP contribution is -2.25. The summed E-state index contributed by atoms with van der Waals surface area (Å²) >= 11 is 1.45. The summed E-state index contributed by atoms with van der Waals surface area (Å²) in [6, 6.07) is 12.9. The maximum atomic E-state index is 12.5. The zero-order valence-electron chi connectivity index (χ0n) is 11.8. The monoisotopic (exact) mass is 322 g/mol. The quantitative estimate of drug-likeness (QED) is 0.695. The summed E-state index contributed by atoms with van der Waals surface area (Å²) in [5.41, 5.74) is 6.40. The Morgan fingerprint density at radius 2 is 2.04 bits per heavy atom. The van der Waals surface area contributed by atoms with Crippen molar-refractivity contribution >= 4 is 22.3 Å². The second-order valence-corrected chi connectivity index (χ2v) is 6.05. The number of nitriles is 1. The number of para-hydroxylation sites is 1. The molecule has 3 heterocycles. The molecule has 3 aromatic rings. The molecule has 2 aromatic heterocycles. The molecule has 0 aliphatic carbocycles. The summed E-state index contributed by atoms with van der Waals surface area (Å²) in [5.74, 6) is -0.175. The molecule has 0 spiro atoms. The first-order valence-corrected chi connectivity index (χ1v) is 7.75. The molecule has 1 aromatic carbocycles. The number of fused-ring (bicyclic) bond motifs is 3. The first kappa shape index (κ1) is 13.6. The van der Waals surface area contributed by atoms with E-state index in [-0.39, 0.29) is 11.5 Å². The van der Waals surface area contributed by atoms with Gasteiger partial charge in [-0.3, -0.25) is 0 Å². The molecule has 1 atom stereocenters. The smallest absolute Gasteiger partial charge is 0.344 e. The minimum Gasteiger partial charge on any atom is -0.439 e. The molecule has 0 fully saturated rings. The largest absolute Gasteiger partial charge is 0.439 e. The van der Waals surface area contributed by atoms with E-state index in [4.69, 9.17) is 14.9 Å². The van der Waals surface area contributed by atoms with Crippen LogP contribution in [0.4, 0.5) is 0 Å². The van der Waals surface area contributed by atoms with Gasteiger partial charge in [0.15, 0.2) is 5.75 Å². The third kappa shape index (κ3) is 1.94. The summed E-state index contributed by atoms with van der Waals surface area (Å²) in [6.45, 7) is 0. The van der Waals surface area contributed by atoms with Crippen LogP contribution in [-0.4, -0.2) is 0 Å². The second-order valence-electron chi connectivity index (χ2n) is 5.07. The summed E-state index contributed by atoms with van der Waals surface area (Å²) in [4.78, 5) is 13.4. The van der Waals surface area contributed by atoms with Gasteiger partial charge in [0.2, 0.25) is 5.88 Å². The number of nitrogens with two attached hydrogens (primary N) is 1. The molecule has 112 valence electrons. The van der Waals surface area contributed by atoms with E-state index in [1.165, 1.54) is 11.3 Å². The Balaban J connectivity index is 2.11. The van der Waals surface area contributed by atoms with Crippen molar-refractivity contribution in [3.8, 4) is 11.8 Å². The van der Waals surface area contributed by atoms with E-state index >= 15 is 0 Å². The fraction of sp³-hybridized carbons (Fsp3) is 0.0588. The Morgan fingerprint density at radius 3 is 2.78 bits per heavy atom. The molecule has 1 aliphatic rings. The van der Waals surface area contributed by atoms with Gasteiger partial charge < -0.3 is 14.9 Å². The van der Waals surface area contributed by atoms with Crippen LogP contribution < -0.4 is 16.1 Å². The van der Waals surface area contributed by atoms with Gasteiger partial charge in [-0.05, 0) is 23.6 Å². The highest BCUT2D eigenvalue weighted by Crippen LogP contribution is 2.44. The molecule has 23 heavy (non-hydrogen) atoms. The second kappa shape index (κ2) is 5.00. The molecule has 0 bridgehead atoms. The van der Waals surface area contributed by atoms with Crippen molar-refractivity contribution in [1.82, 2.24) is 0 Å². The molecule has 0 amide bonds. The van der Waals surface area contributed by atoms with E-state index in [1.54, 1.807) is 18.2 Å². The SMILES string of the molecule is N#CC1=C(N)Oc2c(c(=O)oc3ccccc23)C1c1cccs1. The van der Waals surface area contributed by atoms with Gasteiger partial charge in [-0.2, -0.15) is 5.26 Å². The normalized spacial score (nSPS) is 16.7. The molecule has 1 aliphatic heterocycles. The Bertz CT molecular complexity index is 1040. The first-order valence-electron chi connectivity index (χ1n) is 6.87. The standard InChI is InChI=1S/C17H10N2O3S/c18-8-10-13(12-6-3-7-23-12)14-15(22-16(10)19)9-4-1-2-5-11(9)21-17(14)20/h1-7,13H,19H2. The molecule has 2 N–H and O–H groups in total. The van der Waals surface area contributed by atoms with Gasteiger partial charge in [-0.1, -0.05) is 18.2 Å². The minimum absolute atomic E-state index is 0.0224. The molecule has 4 rings (SSSR count).